The molecule has 1 fully saturated rings. The van der Waals surface area contributed by atoms with Gasteiger partial charge in [-0.3, -0.25) is 4.79 Å². The Balaban J connectivity index is 1.66. The van der Waals surface area contributed by atoms with Crippen molar-refractivity contribution in [3.05, 3.63) is 59.1 Å². The minimum absolute atomic E-state index is 0.0549. The van der Waals surface area contributed by atoms with Gasteiger partial charge in [-0.1, -0.05) is 36.7 Å². The van der Waals surface area contributed by atoms with Gasteiger partial charge in [0.25, 0.3) is 0 Å². The summed E-state index contributed by atoms with van der Waals surface area (Å²) >= 11 is 7.81. The number of amides is 1. The summed E-state index contributed by atoms with van der Waals surface area (Å²) < 4.78 is 5.45. The Morgan fingerprint density at radius 2 is 1.96 bits per heavy atom. The van der Waals surface area contributed by atoms with Gasteiger partial charge in [0.05, 0.1) is 18.5 Å². The van der Waals surface area contributed by atoms with Gasteiger partial charge in [-0.25, -0.2) is 0 Å². The van der Waals surface area contributed by atoms with Gasteiger partial charge in [0.15, 0.2) is 0 Å². The first-order chi connectivity index (χ1) is 13.2. The number of thioether (sulfide) groups is 1. The highest BCUT2D eigenvalue weighted by Crippen LogP contribution is 2.27. The quantitative estimate of drug-likeness (QED) is 0.696. The van der Waals surface area contributed by atoms with E-state index < -0.39 is 0 Å². The van der Waals surface area contributed by atoms with E-state index in [9.17, 15) is 4.79 Å². The second-order valence-corrected chi connectivity index (χ2v) is 8.13. The van der Waals surface area contributed by atoms with Gasteiger partial charge in [-0.15, -0.1) is 11.8 Å². The SMILES string of the molecule is CCC(Sc1ccccc1)C(=O)NCc1cc(Cl)ccc1N1CCOCC1. The van der Waals surface area contributed by atoms with Crippen molar-refractivity contribution in [2.45, 2.75) is 30.0 Å². The zero-order valence-electron chi connectivity index (χ0n) is 15.5. The van der Waals surface area contributed by atoms with Crippen molar-refractivity contribution in [3.63, 3.8) is 0 Å². The van der Waals surface area contributed by atoms with Gasteiger partial charge in [0.2, 0.25) is 5.91 Å². The summed E-state index contributed by atoms with van der Waals surface area (Å²) in [5.74, 6) is 0.0549. The number of rotatable bonds is 7. The molecule has 4 nitrogen and oxygen atoms in total. The minimum Gasteiger partial charge on any atom is -0.378 e. The monoisotopic (exact) mass is 404 g/mol. The summed E-state index contributed by atoms with van der Waals surface area (Å²) in [6.45, 7) is 5.66. The lowest BCUT2D eigenvalue weighted by Gasteiger charge is -2.31. The normalized spacial score (nSPS) is 15.4. The van der Waals surface area contributed by atoms with Crippen molar-refractivity contribution < 1.29 is 9.53 Å². The Morgan fingerprint density at radius 3 is 2.67 bits per heavy atom. The number of nitrogens with one attached hydrogen (secondary N) is 1. The van der Waals surface area contributed by atoms with Gasteiger partial charge in [-0.05, 0) is 42.3 Å². The average Bonchev–Trinajstić information content (AvgIpc) is 2.71. The number of hydrogen-bond acceptors (Lipinski definition) is 4. The summed E-state index contributed by atoms with van der Waals surface area (Å²) in [6.07, 6.45) is 0.775. The zero-order valence-corrected chi connectivity index (χ0v) is 17.1. The van der Waals surface area contributed by atoms with Crippen molar-refractivity contribution in [1.29, 1.82) is 0 Å². The van der Waals surface area contributed by atoms with Crippen molar-refractivity contribution in [3.8, 4) is 0 Å². The van der Waals surface area contributed by atoms with Crippen LogP contribution in [0.25, 0.3) is 0 Å². The number of carbonyl (C=O) groups excluding carboxylic acids is 1. The van der Waals surface area contributed by atoms with Crippen LogP contribution in [-0.4, -0.2) is 37.5 Å². The molecule has 1 heterocycles. The summed E-state index contributed by atoms with van der Waals surface area (Å²) in [5.41, 5.74) is 2.16. The fourth-order valence-corrected chi connectivity index (χ4v) is 4.28. The van der Waals surface area contributed by atoms with Crippen LogP contribution in [0.5, 0.6) is 0 Å². The number of halogens is 1. The number of anilines is 1. The zero-order chi connectivity index (χ0) is 19.1. The topological polar surface area (TPSA) is 41.6 Å². The van der Waals surface area contributed by atoms with E-state index in [1.54, 1.807) is 11.8 Å². The maximum Gasteiger partial charge on any atom is 0.233 e. The molecule has 0 bridgehead atoms. The molecule has 1 aliphatic rings. The van der Waals surface area contributed by atoms with E-state index in [2.05, 4.69) is 10.2 Å². The number of nitrogens with zero attached hydrogens (tertiary/aromatic N) is 1. The molecule has 0 radical (unpaired) electrons. The van der Waals surface area contributed by atoms with Crippen LogP contribution in [0.1, 0.15) is 18.9 Å². The number of morpholine rings is 1. The molecule has 3 rings (SSSR count). The Kier molecular flexibility index (Phi) is 7.44. The lowest BCUT2D eigenvalue weighted by atomic mass is 10.1. The van der Waals surface area contributed by atoms with Gasteiger partial charge in [0.1, 0.15) is 0 Å². The molecule has 1 unspecified atom stereocenters. The van der Waals surface area contributed by atoms with Crippen LogP contribution in [0.2, 0.25) is 5.02 Å². The van der Waals surface area contributed by atoms with E-state index >= 15 is 0 Å². The molecular formula is C21H25ClN2O2S. The van der Waals surface area contributed by atoms with Gasteiger partial charge in [0, 0.05) is 35.2 Å². The number of carbonyl (C=O) groups is 1. The molecule has 27 heavy (non-hydrogen) atoms. The minimum atomic E-state index is -0.113. The maximum atomic E-state index is 12.7. The van der Waals surface area contributed by atoms with Crippen molar-refractivity contribution in [2.24, 2.45) is 0 Å². The predicted octanol–water partition coefficient (Wildman–Crippen LogP) is 4.36. The highest BCUT2D eigenvalue weighted by molar-refractivity contribution is 8.00. The predicted molar refractivity (Wildman–Crippen MR) is 113 cm³/mol. The lowest BCUT2D eigenvalue weighted by Crippen LogP contribution is -2.37. The molecule has 0 aromatic heterocycles. The molecule has 1 aliphatic heterocycles. The third kappa shape index (κ3) is 5.64. The van der Waals surface area contributed by atoms with E-state index in [1.165, 1.54) is 0 Å². The van der Waals surface area contributed by atoms with Crippen molar-refractivity contribution in [1.82, 2.24) is 5.32 Å². The summed E-state index contributed by atoms with van der Waals surface area (Å²) in [6, 6.07) is 15.9. The molecule has 1 atom stereocenters. The Morgan fingerprint density at radius 1 is 1.22 bits per heavy atom. The van der Waals surface area contributed by atoms with Crippen LogP contribution in [0.3, 0.4) is 0 Å². The van der Waals surface area contributed by atoms with Gasteiger partial charge < -0.3 is 15.0 Å². The van der Waals surface area contributed by atoms with Gasteiger partial charge >= 0.3 is 0 Å². The first-order valence-electron chi connectivity index (χ1n) is 9.28. The number of benzene rings is 2. The third-order valence-electron chi connectivity index (χ3n) is 4.53. The molecule has 0 spiro atoms. The molecular weight excluding hydrogens is 380 g/mol. The Hall–Kier alpha value is -1.69. The van der Waals surface area contributed by atoms with Gasteiger partial charge in [-0.2, -0.15) is 0 Å². The van der Waals surface area contributed by atoms with E-state index in [4.69, 9.17) is 16.3 Å². The maximum absolute atomic E-state index is 12.7. The number of ether oxygens (including phenoxy) is 1. The van der Waals surface area contributed by atoms with Crippen molar-refractivity contribution >= 4 is 35.0 Å². The largest absolute Gasteiger partial charge is 0.378 e. The highest BCUT2D eigenvalue weighted by Gasteiger charge is 2.19. The molecule has 2 aromatic rings. The first-order valence-corrected chi connectivity index (χ1v) is 10.5. The van der Waals surface area contributed by atoms with Crippen LogP contribution >= 0.6 is 23.4 Å². The summed E-state index contributed by atoms with van der Waals surface area (Å²) in [7, 11) is 0. The molecule has 6 heteroatoms. The Labute approximate surface area is 170 Å². The van der Waals surface area contributed by atoms with Crippen LogP contribution in [0.15, 0.2) is 53.4 Å². The van der Waals surface area contributed by atoms with Crippen LogP contribution < -0.4 is 10.2 Å². The number of hydrogen-bond donors (Lipinski definition) is 1. The second-order valence-electron chi connectivity index (χ2n) is 6.42. The fourth-order valence-electron chi connectivity index (χ4n) is 3.09. The molecule has 1 saturated heterocycles. The fraction of sp³-hybridized carbons (Fsp3) is 0.381. The molecule has 2 aromatic carbocycles. The van der Waals surface area contributed by atoms with Crippen LogP contribution in [0, 0.1) is 0 Å². The van der Waals surface area contributed by atoms with E-state index in [-0.39, 0.29) is 11.2 Å². The van der Waals surface area contributed by atoms with E-state index in [1.807, 2.05) is 55.5 Å². The standard InChI is InChI=1S/C21H25ClN2O2S/c1-2-20(27-18-6-4-3-5-7-18)21(25)23-15-16-14-17(22)8-9-19(16)24-10-12-26-13-11-24/h3-9,14,20H,2,10-13,15H2,1H3,(H,23,25). The van der Waals surface area contributed by atoms with E-state index in [0.29, 0.717) is 11.6 Å². The average molecular weight is 405 g/mol. The molecule has 1 amide bonds. The molecule has 0 saturated carbocycles. The Bertz CT molecular complexity index is 751. The summed E-state index contributed by atoms with van der Waals surface area (Å²) in [5, 5.41) is 3.67. The van der Waals surface area contributed by atoms with Crippen LogP contribution in [-0.2, 0) is 16.1 Å². The smallest absolute Gasteiger partial charge is 0.233 e. The molecule has 1 N–H and O–H groups in total. The van der Waals surface area contributed by atoms with E-state index in [0.717, 1.165) is 48.9 Å². The lowest BCUT2D eigenvalue weighted by molar-refractivity contribution is -0.120. The second kappa shape index (κ2) is 10.0. The first kappa shape index (κ1) is 20.1. The highest BCUT2D eigenvalue weighted by atomic mass is 35.5. The van der Waals surface area contributed by atoms with Crippen LogP contribution in [0.4, 0.5) is 5.69 Å². The van der Waals surface area contributed by atoms with Crippen molar-refractivity contribution in [2.75, 3.05) is 31.2 Å². The summed E-state index contributed by atoms with van der Waals surface area (Å²) in [4.78, 5) is 16.1. The third-order valence-corrected chi connectivity index (χ3v) is 6.14. The molecule has 0 aliphatic carbocycles. The molecule has 144 valence electrons.